The fraction of sp³-hybridized carbons (Fsp3) is 0.400. The molecule has 0 aromatic carbocycles. The van der Waals surface area contributed by atoms with E-state index in [1.165, 1.54) is 6.92 Å². The molecule has 0 saturated carbocycles. The molecule has 0 heterocycles. The van der Waals surface area contributed by atoms with E-state index in [1.54, 1.807) is 6.07 Å². The lowest BCUT2D eigenvalue weighted by molar-refractivity contribution is -0.136. The number of rotatable bonds is 0. The predicted molar refractivity (Wildman–Crippen MR) is 47.9 cm³/mol. The van der Waals surface area contributed by atoms with Gasteiger partial charge in [-0.1, -0.05) is 34.8 Å². The molecule has 0 fully saturated rings. The van der Waals surface area contributed by atoms with Crippen molar-refractivity contribution in [2.45, 2.75) is 10.7 Å². The molecule has 0 aromatic heterocycles. The zero-order valence-corrected chi connectivity index (χ0v) is 8.64. The molecule has 2 N–H and O–H groups in total. The summed E-state index contributed by atoms with van der Waals surface area (Å²) in [6.07, 6.45) is 0. The lowest BCUT2D eigenvalue weighted by Gasteiger charge is -1.99. The van der Waals surface area contributed by atoms with Crippen LogP contribution in [0.5, 0.6) is 0 Å². The Morgan fingerprint density at radius 2 is 1.62 bits per heavy atom. The van der Waals surface area contributed by atoms with Crippen LogP contribution < -0.4 is 0 Å². The number of carboxylic acid groups (broad SMARTS) is 2. The van der Waals surface area contributed by atoms with Crippen LogP contribution in [0.4, 0.5) is 0 Å². The molecule has 76 valence electrons. The average Bonchev–Trinajstić information content (AvgIpc) is 1.88. The molecule has 0 radical (unpaired) electrons. The first-order valence-electron chi connectivity index (χ1n) is 2.46. The van der Waals surface area contributed by atoms with Crippen LogP contribution in [0.2, 0.25) is 0 Å². The second-order valence-electron chi connectivity index (χ2n) is 1.13. The highest BCUT2D eigenvalue weighted by Crippen LogP contribution is 2.25. The number of hydrogen-bond donors (Lipinski definition) is 2. The van der Waals surface area contributed by atoms with E-state index >= 15 is 0 Å². The second kappa shape index (κ2) is 11.3. The summed E-state index contributed by atoms with van der Waals surface area (Å²) in [5, 5.41) is 22.1. The van der Waals surface area contributed by atoms with E-state index in [2.05, 4.69) is 0 Å². The number of carboxylic acids is 1. The minimum Gasteiger partial charge on any atom is -0.483 e. The summed E-state index contributed by atoms with van der Waals surface area (Å²) in [6.45, 7) is 1.18. The van der Waals surface area contributed by atoms with Crippen LogP contribution in [-0.4, -0.2) is 26.4 Å². The largest absolute Gasteiger partial charge is 0.483 e. The van der Waals surface area contributed by atoms with E-state index in [9.17, 15) is 4.79 Å². The van der Waals surface area contributed by atoms with Gasteiger partial charge in [-0.3, -0.25) is 4.79 Å². The van der Waals surface area contributed by atoms with E-state index < -0.39 is 9.76 Å². The summed E-state index contributed by atoms with van der Waals surface area (Å²) < 4.78 is -2.17. The smallest absolute Gasteiger partial charge is 0.356 e. The summed E-state index contributed by atoms with van der Waals surface area (Å²) in [5.74, 6) is -1.46. The third-order valence-corrected chi connectivity index (χ3v) is 0.728. The standard InChI is InChI=1S/C2HCl3O2.C2H3N.CH2O2/c3-2(4,5)1(6)7;1-2-3;2-1-3/h(H,6,7);1H3;1H,(H,2,3). The maximum absolute atomic E-state index is 9.62. The predicted octanol–water partition coefficient (Wildman–Crippen LogP) is 1.67. The Balaban J connectivity index is -0.000000140. The molecule has 0 aliphatic rings. The number of nitrogens with zero attached hydrogens (tertiary/aromatic N) is 1. The van der Waals surface area contributed by atoms with Crippen LogP contribution in [0.25, 0.3) is 0 Å². The molecule has 5 nitrogen and oxygen atoms in total. The van der Waals surface area contributed by atoms with Crippen LogP contribution in [0.3, 0.4) is 0 Å². The fourth-order valence-electron chi connectivity index (χ4n) is 0. The second-order valence-corrected chi connectivity index (χ2v) is 3.41. The maximum atomic E-state index is 9.62. The SMILES string of the molecule is CC#N.O=C(O)C(Cl)(Cl)Cl.O=CO. The molecular weight excluding hydrogens is 244 g/mol. The van der Waals surface area contributed by atoms with Crippen molar-refractivity contribution in [3.8, 4) is 6.07 Å². The van der Waals surface area contributed by atoms with Crippen molar-refractivity contribution >= 4 is 47.2 Å². The zero-order valence-electron chi connectivity index (χ0n) is 6.37. The van der Waals surface area contributed by atoms with Crippen LogP contribution in [0.1, 0.15) is 6.92 Å². The average molecular weight is 250 g/mol. The molecule has 13 heavy (non-hydrogen) atoms. The maximum Gasteiger partial charge on any atom is 0.356 e. The van der Waals surface area contributed by atoms with Gasteiger partial charge in [-0.2, -0.15) is 5.26 Å². The van der Waals surface area contributed by atoms with Gasteiger partial charge in [-0.15, -0.1) is 0 Å². The minimum atomic E-state index is -2.17. The van der Waals surface area contributed by atoms with Gasteiger partial charge in [0, 0.05) is 6.92 Å². The van der Waals surface area contributed by atoms with Gasteiger partial charge in [0.05, 0.1) is 6.07 Å². The van der Waals surface area contributed by atoms with Gasteiger partial charge in [0.2, 0.25) is 0 Å². The molecule has 0 aromatic rings. The quantitative estimate of drug-likeness (QED) is 0.503. The van der Waals surface area contributed by atoms with E-state index in [4.69, 9.17) is 55.1 Å². The van der Waals surface area contributed by atoms with E-state index in [0.717, 1.165) is 0 Å². The Morgan fingerprint density at radius 1 is 1.54 bits per heavy atom. The summed E-state index contributed by atoms with van der Waals surface area (Å²) in [4.78, 5) is 18.0. The Hall–Kier alpha value is -0.700. The van der Waals surface area contributed by atoms with Crippen molar-refractivity contribution in [1.29, 1.82) is 5.26 Å². The lowest BCUT2D eigenvalue weighted by Crippen LogP contribution is -2.16. The molecule has 0 spiro atoms. The first-order chi connectivity index (χ1) is 5.77. The Bertz CT molecular complexity index is 183. The van der Waals surface area contributed by atoms with Gasteiger partial charge in [-0.05, 0) is 0 Å². The normalized spacial score (nSPS) is 7.62. The van der Waals surface area contributed by atoms with E-state index in [1.807, 2.05) is 0 Å². The van der Waals surface area contributed by atoms with Crippen molar-refractivity contribution in [2.24, 2.45) is 0 Å². The molecule has 0 aliphatic heterocycles. The highest BCUT2D eigenvalue weighted by Gasteiger charge is 2.29. The summed E-state index contributed by atoms with van der Waals surface area (Å²) >= 11 is 14.4. The molecule has 8 heteroatoms. The molecule has 0 amide bonds. The Labute approximate surface area is 89.4 Å². The molecule has 0 atom stereocenters. The number of halogens is 3. The molecule has 0 rings (SSSR count). The van der Waals surface area contributed by atoms with Gasteiger partial charge in [0.25, 0.3) is 10.3 Å². The zero-order chi connectivity index (χ0) is 11.5. The lowest BCUT2D eigenvalue weighted by atomic mass is 10.8. The van der Waals surface area contributed by atoms with Crippen molar-refractivity contribution in [3.63, 3.8) is 0 Å². The highest BCUT2D eigenvalue weighted by molar-refractivity contribution is 6.75. The summed E-state index contributed by atoms with van der Waals surface area (Å²) in [5.41, 5.74) is 0. The molecule has 0 bridgehead atoms. The molecule has 0 aliphatic carbocycles. The summed E-state index contributed by atoms with van der Waals surface area (Å²) in [7, 11) is 0. The monoisotopic (exact) mass is 249 g/mol. The third-order valence-electron chi connectivity index (χ3n) is 0.243. The third kappa shape index (κ3) is 34.8. The van der Waals surface area contributed by atoms with Crippen molar-refractivity contribution in [2.75, 3.05) is 0 Å². The van der Waals surface area contributed by atoms with Gasteiger partial charge in [0.1, 0.15) is 0 Å². The van der Waals surface area contributed by atoms with E-state index in [-0.39, 0.29) is 6.47 Å². The van der Waals surface area contributed by atoms with Gasteiger partial charge < -0.3 is 10.2 Å². The van der Waals surface area contributed by atoms with Crippen LogP contribution in [0.15, 0.2) is 0 Å². The number of carbonyl (C=O) groups is 2. The van der Waals surface area contributed by atoms with Crippen molar-refractivity contribution in [1.82, 2.24) is 0 Å². The van der Waals surface area contributed by atoms with E-state index in [0.29, 0.717) is 0 Å². The van der Waals surface area contributed by atoms with Crippen LogP contribution in [-0.2, 0) is 9.59 Å². The first-order valence-corrected chi connectivity index (χ1v) is 3.60. The Morgan fingerprint density at radius 3 is 1.62 bits per heavy atom. The highest BCUT2D eigenvalue weighted by atomic mass is 35.6. The van der Waals surface area contributed by atoms with Crippen LogP contribution in [0, 0.1) is 11.3 Å². The van der Waals surface area contributed by atoms with Gasteiger partial charge >= 0.3 is 5.97 Å². The van der Waals surface area contributed by atoms with Crippen LogP contribution >= 0.6 is 34.8 Å². The number of hydrogen-bond acceptors (Lipinski definition) is 3. The van der Waals surface area contributed by atoms with Gasteiger partial charge in [0.15, 0.2) is 0 Å². The fourth-order valence-corrected chi connectivity index (χ4v) is 0. The Kier molecular flexibility index (Phi) is 15.8. The summed E-state index contributed by atoms with van der Waals surface area (Å²) in [6, 6.07) is 1.75. The minimum absolute atomic E-state index is 0.250. The molecular formula is C5H6Cl3NO4. The van der Waals surface area contributed by atoms with Gasteiger partial charge in [-0.25, -0.2) is 4.79 Å². The topological polar surface area (TPSA) is 98.4 Å². The number of aliphatic carboxylic acids is 1. The van der Waals surface area contributed by atoms with Crippen molar-refractivity contribution < 1.29 is 19.8 Å². The first kappa shape index (κ1) is 18.2. The molecule has 0 unspecified atom stereocenters. The number of alkyl halides is 3. The number of nitriles is 1. The van der Waals surface area contributed by atoms with Crippen molar-refractivity contribution in [3.05, 3.63) is 0 Å². The molecule has 0 saturated heterocycles.